The van der Waals surface area contributed by atoms with Gasteiger partial charge in [-0.3, -0.25) is 9.59 Å². The Morgan fingerprint density at radius 2 is 0.662 bits per heavy atom. The Morgan fingerprint density at radius 3 is 1.07 bits per heavy atom. The van der Waals surface area contributed by atoms with E-state index in [1.807, 2.05) is 0 Å². The van der Waals surface area contributed by atoms with E-state index in [2.05, 4.69) is 130 Å². The molecular formula is C63H106O5. The molecule has 0 aliphatic rings. The fourth-order valence-corrected chi connectivity index (χ4v) is 7.60. The highest BCUT2D eigenvalue weighted by molar-refractivity contribution is 5.70. The number of carbonyl (C=O) groups is 2. The number of rotatable bonds is 51. The number of ether oxygens (including phenoxy) is 3. The van der Waals surface area contributed by atoms with Gasteiger partial charge in [0.2, 0.25) is 0 Å². The summed E-state index contributed by atoms with van der Waals surface area (Å²) in [6.45, 7) is 7.53. The van der Waals surface area contributed by atoms with E-state index in [0.717, 1.165) is 122 Å². The van der Waals surface area contributed by atoms with Crippen LogP contribution in [-0.4, -0.2) is 37.9 Å². The highest BCUT2D eigenvalue weighted by atomic mass is 16.6. The molecule has 388 valence electrons. The predicted molar refractivity (Wildman–Crippen MR) is 297 cm³/mol. The van der Waals surface area contributed by atoms with Crippen LogP contribution in [0, 0.1) is 0 Å². The Bertz CT molecular complexity index is 1340. The van der Waals surface area contributed by atoms with Gasteiger partial charge in [-0.05, 0) is 122 Å². The number of allylic oxidation sites excluding steroid dienone is 18. The molecule has 0 radical (unpaired) electrons. The quantitative estimate of drug-likeness (QED) is 0.0345. The lowest BCUT2D eigenvalue weighted by atomic mass is 10.1. The Balaban J connectivity index is 4.37. The molecule has 1 atom stereocenters. The summed E-state index contributed by atoms with van der Waals surface area (Å²) >= 11 is 0. The Labute approximate surface area is 421 Å². The van der Waals surface area contributed by atoms with Gasteiger partial charge < -0.3 is 14.2 Å². The van der Waals surface area contributed by atoms with Gasteiger partial charge in [0.1, 0.15) is 6.61 Å². The molecule has 0 aromatic heterocycles. The molecule has 0 amide bonds. The smallest absolute Gasteiger partial charge is 0.306 e. The minimum absolute atomic E-state index is 0.0600. The van der Waals surface area contributed by atoms with E-state index in [-0.39, 0.29) is 25.2 Å². The zero-order valence-corrected chi connectivity index (χ0v) is 44.6. The summed E-state index contributed by atoms with van der Waals surface area (Å²) in [5.74, 6) is -0.437. The van der Waals surface area contributed by atoms with Crippen molar-refractivity contribution in [2.45, 2.75) is 258 Å². The van der Waals surface area contributed by atoms with Gasteiger partial charge in [0.25, 0.3) is 0 Å². The standard InChI is InChI=1S/C63H106O5/c1-4-7-10-13-16-19-22-25-28-30-31-32-34-37-40-43-46-49-52-55-58-66-59-61(68-63(65)57-54-51-48-45-42-39-35-27-24-21-18-15-12-9-6-3)60-67-62(64)56-53-50-47-44-41-38-36-33-29-26-23-20-17-14-11-8-5-2/h7,9-10,12,16,18-19,21,25-29,31-32,35,37,40,61H,4-6,8,11,13-15,17,20,22-24,30,33-34,36,38-39,41-60H2,1-3H3/b10-7-,12-9-,19-16-,21-18-,28-25-,29-26-,32-31-,35-27-,40-37-. The topological polar surface area (TPSA) is 61.8 Å². The monoisotopic (exact) mass is 943 g/mol. The lowest BCUT2D eigenvalue weighted by Crippen LogP contribution is -2.30. The van der Waals surface area contributed by atoms with Crippen molar-refractivity contribution in [3.8, 4) is 0 Å². The van der Waals surface area contributed by atoms with Gasteiger partial charge >= 0.3 is 11.9 Å². The first kappa shape index (κ1) is 64.6. The SMILES string of the molecule is CC/C=C\C/C=C\C/C=C\C/C=C\C/C=C\CCCCCCOCC(COC(=O)CCCCCCCCC/C=C\CCCCCCCC)OC(=O)CCCCCCC/C=C\C/C=C\C/C=C\CC. The van der Waals surface area contributed by atoms with Crippen molar-refractivity contribution in [3.63, 3.8) is 0 Å². The first-order chi connectivity index (χ1) is 33.6. The zero-order chi connectivity index (χ0) is 49.2. The molecule has 0 aliphatic carbocycles. The normalized spacial score (nSPS) is 13.0. The maximum absolute atomic E-state index is 12.8. The molecule has 0 N–H and O–H groups in total. The molecule has 0 spiro atoms. The van der Waals surface area contributed by atoms with E-state index in [1.54, 1.807) is 0 Å². The summed E-state index contributed by atoms with van der Waals surface area (Å²) in [6.07, 6.45) is 79.6. The Morgan fingerprint density at radius 1 is 0.338 bits per heavy atom. The van der Waals surface area contributed by atoms with E-state index in [1.165, 1.54) is 96.3 Å². The fraction of sp³-hybridized carbons (Fsp3) is 0.683. The second kappa shape index (κ2) is 57.9. The van der Waals surface area contributed by atoms with Crippen LogP contribution in [0.25, 0.3) is 0 Å². The van der Waals surface area contributed by atoms with Gasteiger partial charge in [-0.15, -0.1) is 0 Å². The second-order valence-corrected chi connectivity index (χ2v) is 18.4. The third-order valence-electron chi connectivity index (χ3n) is 11.8. The maximum Gasteiger partial charge on any atom is 0.306 e. The van der Waals surface area contributed by atoms with Crippen molar-refractivity contribution in [2.24, 2.45) is 0 Å². The maximum atomic E-state index is 12.8. The molecule has 0 aromatic rings. The number of carbonyl (C=O) groups excluding carboxylic acids is 2. The summed E-state index contributed by atoms with van der Waals surface area (Å²) in [4.78, 5) is 25.5. The van der Waals surface area contributed by atoms with Crippen LogP contribution in [-0.2, 0) is 23.8 Å². The van der Waals surface area contributed by atoms with Crippen molar-refractivity contribution < 1.29 is 23.8 Å². The van der Waals surface area contributed by atoms with Gasteiger partial charge in [-0.1, -0.05) is 226 Å². The minimum Gasteiger partial charge on any atom is -0.462 e. The molecule has 1 unspecified atom stereocenters. The summed E-state index contributed by atoms with van der Waals surface area (Å²) in [5, 5.41) is 0. The molecule has 5 nitrogen and oxygen atoms in total. The molecule has 0 aromatic carbocycles. The highest BCUT2D eigenvalue weighted by Crippen LogP contribution is 2.14. The molecule has 0 saturated heterocycles. The van der Waals surface area contributed by atoms with Crippen LogP contribution in [0.2, 0.25) is 0 Å². The van der Waals surface area contributed by atoms with Crippen molar-refractivity contribution in [1.82, 2.24) is 0 Å². The molecule has 0 saturated carbocycles. The van der Waals surface area contributed by atoms with E-state index in [4.69, 9.17) is 14.2 Å². The van der Waals surface area contributed by atoms with Gasteiger partial charge in [0.15, 0.2) is 6.10 Å². The predicted octanol–water partition coefficient (Wildman–Crippen LogP) is 19.6. The molecular weight excluding hydrogens is 837 g/mol. The second-order valence-electron chi connectivity index (χ2n) is 18.4. The van der Waals surface area contributed by atoms with Crippen molar-refractivity contribution in [1.29, 1.82) is 0 Å². The van der Waals surface area contributed by atoms with E-state index < -0.39 is 6.10 Å². The van der Waals surface area contributed by atoms with Crippen LogP contribution < -0.4 is 0 Å². The van der Waals surface area contributed by atoms with E-state index in [0.29, 0.717) is 19.4 Å². The van der Waals surface area contributed by atoms with Crippen molar-refractivity contribution >= 4 is 11.9 Å². The van der Waals surface area contributed by atoms with Crippen LogP contribution in [0.1, 0.15) is 252 Å². The van der Waals surface area contributed by atoms with E-state index in [9.17, 15) is 9.59 Å². The van der Waals surface area contributed by atoms with Gasteiger partial charge in [-0.25, -0.2) is 0 Å². The average molecular weight is 944 g/mol. The molecule has 68 heavy (non-hydrogen) atoms. The number of hydrogen-bond acceptors (Lipinski definition) is 5. The summed E-state index contributed by atoms with van der Waals surface area (Å²) in [6, 6.07) is 0. The first-order valence-electron chi connectivity index (χ1n) is 28.4. The Hall–Kier alpha value is -3.44. The molecule has 0 rings (SSSR count). The van der Waals surface area contributed by atoms with E-state index >= 15 is 0 Å². The first-order valence-corrected chi connectivity index (χ1v) is 28.4. The van der Waals surface area contributed by atoms with Crippen LogP contribution in [0.3, 0.4) is 0 Å². The van der Waals surface area contributed by atoms with Crippen LogP contribution in [0.15, 0.2) is 109 Å². The summed E-state index contributed by atoms with van der Waals surface area (Å²) in [5.41, 5.74) is 0. The zero-order valence-electron chi connectivity index (χ0n) is 44.6. The number of unbranched alkanes of at least 4 members (excludes halogenated alkanes) is 22. The van der Waals surface area contributed by atoms with Crippen molar-refractivity contribution in [3.05, 3.63) is 109 Å². The fourth-order valence-electron chi connectivity index (χ4n) is 7.60. The lowest BCUT2D eigenvalue weighted by molar-refractivity contribution is -0.163. The molecule has 5 heteroatoms. The lowest BCUT2D eigenvalue weighted by Gasteiger charge is -2.18. The van der Waals surface area contributed by atoms with Crippen LogP contribution in [0.5, 0.6) is 0 Å². The third kappa shape index (κ3) is 55.2. The summed E-state index contributed by atoms with van der Waals surface area (Å²) in [7, 11) is 0. The molecule has 0 fully saturated rings. The molecule has 0 bridgehead atoms. The number of esters is 2. The highest BCUT2D eigenvalue weighted by Gasteiger charge is 2.17. The summed E-state index contributed by atoms with van der Waals surface area (Å²) < 4.78 is 17.4. The largest absolute Gasteiger partial charge is 0.462 e. The Kier molecular flexibility index (Phi) is 54.9. The third-order valence-corrected chi connectivity index (χ3v) is 11.8. The van der Waals surface area contributed by atoms with Crippen LogP contribution in [0.4, 0.5) is 0 Å². The van der Waals surface area contributed by atoms with Gasteiger partial charge in [0, 0.05) is 19.4 Å². The van der Waals surface area contributed by atoms with Crippen LogP contribution >= 0.6 is 0 Å². The molecule has 0 aliphatic heterocycles. The van der Waals surface area contributed by atoms with Crippen molar-refractivity contribution in [2.75, 3.05) is 19.8 Å². The average Bonchev–Trinajstić information content (AvgIpc) is 3.34. The molecule has 0 heterocycles. The van der Waals surface area contributed by atoms with Gasteiger partial charge in [0.05, 0.1) is 6.61 Å². The van der Waals surface area contributed by atoms with Gasteiger partial charge in [-0.2, -0.15) is 0 Å². The number of hydrogen-bond donors (Lipinski definition) is 0. The minimum atomic E-state index is -0.568.